The molecule has 3 heteroatoms. The molecular formula is C9H14Cl2Zr. The van der Waals surface area contributed by atoms with Crippen molar-refractivity contribution in [1.29, 1.82) is 0 Å². The van der Waals surface area contributed by atoms with Crippen molar-refractivity contribution in [1.82, 2.24) is 0 Å². The summed E-state index contributed by atoms with van der Waals surface area (Å²) < 4.78 is 0. The SMILES string of the molecule is C[CH-]C.Cc1cc[cH-]c1.[Cl][Zr+2][Cl]. The van der Waals surface area contributed by atoms with Crippen LogP contribution in [0.3, 0.4) is 0 Å². The Hall–Kier alpha value is 0.813. The summed E-state index contributed by atoms with van der Waals surface area (Å²) in [5.41, 5.74) is 1.34. The fourth-order valence-electron chi connectivity index (χ4n) is 0.470. The van der Waals surface area contributed by atoms with Crippen LogP contribution in [0.4, 0.5) is 0 Å². The molecule has 0 N–H and O–H groups in total. The van der Waals surface area contributed by atoms with E-state index in [0.29, 0.717) is 0 Å². The van der Waals surface area contributed by atoms with E-state index in [4.69, 9.17) is 17.0 Å². The molecule has 68 valence electrons. The molecular weight excluding hydrogens is 270 g/mol. The van der Waals surface area contributed by atoms with Crippen LogP contribution in [0.5, 0.6) is 0 Å². The molecule has 0 spiro atoms. The van der Waals surface area contributed by atoms with Gasteiger partial charge in [-0.15, -0.1) is 0 Å². The summed E-state index contributed by atoms with van der Waals surface area (Å²) in [5.74, 6) is 0. The molecule has 0 bridgehead atoms. The second kappa shape index (κ2) is 14.3. The minimum absolute atomic E-state index is 0.826. The average molecular weight is 284 g/mol. The molecule has 0 aromatic heterocycles. The second-order valence-electron chi connectivity index (χ2n) is 2.11. The van der Waals surface area contributed by atoms with E-state index in [2.05, 4.69) is 19.1 Å². The molecule has 0 atom stereocenters. The molecule has 0 amide bonds. The Morgan fingerprint density at radius 3 is 1.92 bits per heavy atom. The summed E-state index contributed by atoms with van der Waals surface area (Å²) in [4.78, 5) is 0. The average Bonchev–Trinajstić information content (AvgIpc) is 2.43. The molecule has 0 aliphatic heterocycles. The Kier molecular flexibility index (Phi) is 18.3. The molecule has 0 aliphatic rings. The Morgan fingerprint density at radius 2 is 1.83 bits per heavy atom. The number of halogens is 2. The topological polar surface area (TPSA) is 0 Å². The number of aryl methyl sites for hydroxylation is 1. The number of hydrogen-bond donors (Lipinski definition) is 0. The Labute approximate surface area is 94.3 Å². The van der Waals surface area contributed by atoms with E-state index in [1.165, 1.54) is 5.56 Å². The van der Waals surface area contributed by atoms with Gasteiger partial charge in [0.05, 0.1) is 0 Å². The van der Waals surface area contributed by atoms with Crippen molar-refractivity contribution in [2.45, 2.75) is 20.8 Å². The van der Waals surface area contributed by atoms with Gasteiger partial charge in [0.2, 0.25) is 0 Å². The maximum atomic E-state index is 4.93. The fraction of sp³-hybridized carbons (Fsp3) is 0.333. The molecule has 0 heterocycles. The van der Waals surface area contributed by atoms with Crippen molar-refractivity contribution in [3.63, 3.8) is 0 Å². The van der Waals surface area contributed by atoms with E-state index >= 15 is 0 Å². The van der Waals surface area contributed by atoms with Gasteiger partial charge >= 0.3 is 37.9 Å². The predicted octanol–water partition coefficient (Wildman–Crippen LogP) is 4.32. The van der Waals surface area contributed by atoms with Crippen LogP contribution in [-0.2, 0) is 20.8 Å². The third-order valence-corrected chi connectivity index (χ3v) is 0.829. The molecule has 0 unspecified atom stereocenters. The zero-order valence-electron chi connectivity index (χ0n) is 7.64. The summed E-state index contributed by atoms with van der Waals surface area (Å²) in [5, 5.41) is 0. The second-order valence-corrected chi connectivity index (χ2v) is 5.84. The van der Waals surface area contributed by atoms with Crippen LogP contribution in [0.2, 0.25) is 0 Å². The molecule has 1 rings (SSSR count). The van der Waals surface area contributed by atoms with Crippen LogP contribution >= 0.6 is 17.0 Å². The van der Waals surface area contributed by atoms with E-state index in [0.717, 1.165) is 0 Å². The molecule has 0 aliphatic carbocycles. The predicted molar refractivity (Wildman–Crippen MR) is 54.1 cm³/mol. The van der Waals surface area contributed by atoms with Crippen LogP contribution in [0.1, 0.15) is 19.4 Å². The summed E-state index contributed by atoms with van der Waals surface area (Å²) in [6.07, 6.45) is 2.00. The first-order chi connectivity index (χ1) is 5.72. The van der Waals surface area contributed by atoms with Gasteiger partial charge in [0, 0.05) is 0 Å². The Bertz CT molecular complexity index is 136. The quantitative estimate of drug-likeness (QED) is 0.622. The van der Waals surface area contributed by atoms with E-state index in [1.807, 2.05) is 32.4 Å². The first kappa shape index (κ1) is 15.3. The minimum atomic E-state index is -0.826. The van der Waals surface area contributed by atoms with Crippen molar-refractivity contribution in [2.24, 2.45) is 0 Å². The normalized spacial score (nSPS) is 6.75. The van der Waals surface area contributed by atoms with Gasteiger partial charge in [0.1, 0.15) is 0 Å². The van der Waals surface area contributed by atoms with Gasteiger partial charge in [-0.25, -0.2) is 11.6 Å². The van der Waals surface area contributed by atoms with Crippen LogP contribution in [0, 0.1) is 13.3 Å². The van der Waals surface area contributed by atoms with Crippen LogP contribution in [0.25, 0.3) is 0 Å². The summed E-state index contributed by atoms with van der Waals surface area (Å²) in [7, 11) is 9.87. The van der Waals surface area contributed by atoms with Crippen molar-refractivity contribution in [2.75, 3.05) is 0 Å². The molecule has 0 saturated heterocycles. The van der Waals surface area contributed by atoms with Crippen LogP contribution < -0.4 is 0 Å². The summed E-state index contributed by atoms with van der Waals surface area (Å²) in [6, 6.07) is 8.24. The van der Waals surface area contributed by atoms with Gasteiger partial charge < -0.3 is 6.42 Å². The van der Waals surface area contributed by atoms with Crippen molar-refractivity contribution in [3.05, 3.63) is 36.2 Å². The van der Waals surface area contributed by atoms with Crippen molar-refractivity contribution in [3.8, 4) is 0 Å². The molecule has 12 heavy (non-hydrogen) atoms. The van der Waals surface area contributed by atoms with Crippen molar-refractivity contribution >= 4 is 17.0 Å². The van der Waals surface area contributed by atoms with Crippen LogP contribution in [-0.4, -0.2) is 0 Å². The first-order valence-corrected chi connectivity index (χ1v) is 9.94. The Morgan fingerprint density at radius 1 is 1.42 bits per heavy atom. The van der Waals surface area contributed by atoms with Gasteiger partial charge in [0.25, 0.3) is 0 Å². The van der Waals surface area contributed by atoms with E-state index in [9.17, 15) is 0 Å². The summed E-state index contributed by atoms with van der Waals surface area (Å²) >= 11 is -0.826. The van der Waals surface area contributed by atoms with Crippen LogP contribution in [0.15, 0.2) is 24.3 Å². The van der Waals surface area contributed by atoms with Gasteiger partial charge in [-0.2, -0.15) is 32.0 Å². The van der Waals surface area contributed by atoms with Gasteiger partial charge in [0.15, 0.2) is 0 Å². The zero-order chi connectivity index (χ0) is 9.82. The number of hydrogen-bond acceptors (Lipinski definition) is 0. The molecule has 1 aromatic carbocycles. The van der Waals surface area contributed by atoms with Gasteiger partial charge in [-0.1, -0.05) is 6.92 Å². The van der Waals surface area contributed by atoms with Gasteiger partial charge in [-0.3, -0.25) is 0 Å². The Balaban J connectivity index is 0. The standard InChI is InChI=1S/C6H7.C3H7.2ClH.Zr/c1-6-4-2-3-5-6;1-3-2;;;/h2-5H,1H3;3H,1-2H3;2*1H;/q2*-1;;;+4/p-2. The first-order valence-electron chi connectivity index (χ1n) is 3.61. The molecule has 0 nitrogen and oxygen atoms in total. The summed E-state index contributed by atoms with van der Waals surface area (Å²) in [6.45, 7) is 6.08. The van der Waals surface area contributed by atoms with E-state index < -0.39 is 20.8 Å². The number of rotatable bonds is 0. The maximum absolute atomic E-state index is 4.93. The van der Waals surface area contributed by atoms with E-state index in [-0.39, 0.29) is 0 Å². The molecule has 1 aromatic rings. The van der Waals surface area contributed by atoms with Crippen molar-refractivity contribution < 1.29 is 20.8 Å². The molecule has 0 radical (unpaired) electrons. The molecule has 0 fully saturated rings. The van der Waals surface area contributed by atoms with E-state index in [1.54, 1.807) is 0 Å². The fourth-order valence-corrected chi connectivity index (χ4v) is 0.470. The molecule has 0 saturated carbocycles. The monoisotopic (exact) mass is 282 g/mol. The third-order valence-electron chi connectivity index (χ3n) is 0.829. The van der Waals surface area contributed by atoms with Gasteiger partial charge in [-0.05, 0) is 0 Å². The zero-order valence-corrected chi connectivity index (χ0v) is 11.6. The third kappa shape index (κ3) is 17.1.